The van der Waals surface area contributed by atoms with Crippen molar-refractivity contribution in [2.75, 3.05) is 19.0 Å². The van der Waals surface area contributed by atoms with Gasteiger partial charge in [-0.3, -0.25) is 10.2 Å². The van der Waals surface area contributed by atoms with Crippen molar-refractivity contribution in [3.63, 3.8) is 0 Å². The Morgan fingerprint density at radius 1 is 1.19 bits per heavy atom. The molecule has 11 heteroatoms. The van der Waals surface area contributed by atoms with Crippen molar-refractivity contribution in [2.45, 2.75) is 25.3 Å². The van der Waals surface area contributed by atoms with Gasteiger partial charge in [0.05, 0.1) is 11.4 Å². The second-order valence-corrected chi connectivity index (χ2v) is 8.84. The van der Waals surface area contributed by atoms with Gasteiger partial charge < -0.3 is 9.32 Å². The van der Waals surface area contributed by atoms with E-state index in [4.69, 9.17) is 4.42 Å². The third kappa shape index (κ3) is 3.84. The first-order valence-electron chi connectivity index (χ1n) is 9.58. The van der Waals surface area contributed by atoms with E-state index in [-0.39, 0.29) is 16.5 Å². The summed E-state index contributed by atoms with van der Waals surface area (Å²) in [7, 11) is -0.351. The van der Waals surface area contributed by atoms with E-state index in [2.05, 4.69) is 20.3 Å². The van der Waals surface area contributed by atoms with Crippen LogP contribution in [0, 0.1) is 6.92 Å². The zero-order valence-electron chi connectivity index (χ0n) is 17.5. The van der Waals surface area contributed by atoms with Crippen LogP contribution < -0.4 is 15.2 Å². The number of amides is 1. The molecule has 0 bridgehead atoms. The molecule has 1 amide bonds. The maximum absolute atomic E-state index is 12.9. The normalized spacial score (nSPS) is 11.9. The number of hydrogen-bond acceptors (Lipinski definition) is 7. The molecule has 0 atom stereocenters. The molecule has 4 aromatic rings. The van der Waals surface area contributed by atoms with Gasteiger partial charge in [0.1, 0.15) is 5.58 Å². The Balaban J connectivity index is 1.59. The highest BCUT2D eigenvalue weighted by Crippen LogP contribution is 2.24. The minimum Gasteiger partial charge on any atom is -0.451 e. The number of benzene rings is 1. The monoisotopic (exact) mass is 442 g/mol. The summed E-state index contributed by atoms with van der Waals surface area (Å²) in [5.41, 5.74) is 5.01. The number of imidazole rings is 1. The van der Waals surface area contributed by atoms with Crippen LogP contribution in [-0.2, 0) is 16.4 Å². The standard InChI is InChI=1S/C20H22N6O4S/c1-5-14-7-9-18-21-12(2)20(26(18)23-14)31(28,29)24-22-19(27)17-10-13-6-8-15(25(3)4)11-16(13)30-17/h6-11,24H,5H2,1-4H3,(H,22,27). The molecule has 0 unspecified atom stereocenters. The topological polar surface area (TPSA) is 122 Å². The average molecular weight is 443 g/mol. The first-order chi connectivity index (χ1) is 14.7. The van der Waals surface area contributed by atoms with E-state index >= 15 is 0 Å². The molecule has 0 saturated carbocycles. The fraction of sp³-hybridized carbons (Fsp3) is 0.250. The predicted octanol–water partition coefficient (Wildman–Crippen LogP) is 2.04. The van der Waals surface area contributed by atoms with Crippen LogP contribution in [0.5, 0.6) is 0 Å². The first kappa shape index (κ1) is 20.8. The summed E-state index contributed by atoms with van der Waals surface area (Å²) >= 11 is 0. The highest BCUT2D eigenvalue weighted by atomic mass is 32.2. The van der Waals surface area contributed by atoms with Crippen molar-refractivity contribution in [3.8, 4) is 0 Å². The van der Waals surface area contributed by atoms with E-state index in [1.165, 1.54) is 4.52 Å². The number of nitrogens with one attached hydrogen (secondary N) is 2. The summed E-state index contributed by atoms with van der Waals surface area (Å²) in [6.07, 6.45) is 0.637. The molecule has 0 saturated heterocycles. The van der Waals surface area contributed by atoms with Gasteiger partial charge in [-0.25, -0.2) is 17.9 Å². The number of fused-ring (bicyclic) bond motifs is 2. The number of aryl methyl sites for hydroxylation is 2. The maximum Gasteiger partial charge on any atom is 0.301 e. The lowest BCUT2D eigenvalue weighted by molar-refractivity contribution is 0.0919. The van der Waals surface area contributed by atoms with Gasteiger partial charge in [0.2, 0.25) is 0 Å². The van der Waals surface area contributed by atoms with Crippen LogP contribution in [-0.4, -0.2) is 43.0 Å². The number of hydrazine groups is 1. The zero-order valence-corrected chi connectivity index (χ0v) is 18.3. The predicted molar refractivity (Wildman–Crippen MR) is 115 cm³/mol. The lowest BCUT2D eigenvalue weighted by Crippen LogP contribution is -2.42. The second-order valence-electron chi connectivity index (χ2n) is 7.24. The number of anilines is 1. The summed E-state index contributed by atoms with van der Waals surface area (Å²) in [5, 5.41) is 4.91. The number of rotatable bonds is 6. The Bertz CT molecular complexity index is 1400. The Morgan fingerprint density at radius 2 is 1.97 bits per heavy atom. The number of furan rings is 1. The van der Waals surface area contributed by atoms with E-state index in [0.717, 1.165) is 11.1 Å². The van der Waals surface area contributed by atoms with Gasteiger partial charge in [-0.05, 0) is 43.7 Å². The summed E-state index contributed by atoms with van der Waals surface area (Å²) in [4.78, 5) is 20.8. The molecule has 2 N–H and O–H groups in total. The van der Waals surface area contributed by atoms with Crippen molar-refractivity contribution in [1.29, 1.82) is 0 Å². The first-order valence-corrected chi connectivity index (χ1v) is 11.1. The average Bonchev–Trinajstić information content (AvgIpc) is 3.31. The highest BCUT2D eigenvalue weighted by molar-refractivity contribution is 7.89. The molecular formula is C20H22N6O4S. The van der Waals surface area contributed by atoms with E-state index in [1.54, 1.807) is 31.2 Å². The number of aromatic nitrogens is 3. The van der Waals surface area contributed by atoms with Crippen molar-refractivity contribution < 1.29 is 17.6 Å². The SMILES string of the molecule is CCc1ccc2nc(C)c(S(=O)(=O)NNC(=O)c3cc4ccc(N(C)C)cc4o3)n2n1. The summed E-state index contributed by atoms with van der Waals surface area (Å²) < 4.78 is 32.6. The molecule has 162 valence electrons. The molecule has 0 fully saturated rings. The van der Waals surface area contributed by atoms with Crippen LogP contribution >= 0.6 is 0 Å². The smallest absolute Gasteiger partial charge is 0.301 e. The Hall–Kier alpha value is -3.44. The molecule has 1 aromatic carbocycles. The molecule has 4 rings (SSSR count). The van der Waals surface area contributed by atoms with Crippen LogP contribution in [0.4, 0.5) is 5.69 Å². The fourth-order valence-electron chi connectivity index (χ4n) is 3.19. The third-order valence-electron chi connectivity index (χ3n) is 4.81. The van der Waals surface area contributed by atoms with Crippen molar-refractivity contribution in [2.24, 2.45) is 0 Å². The lowest BCUT2D eigenvalue weighted by Gasteiger charge is -2.11. The Morgan fingerprint density at radius 3 is 2.68 bits per heavy atom. The third-order valence-corrected chi connectivity index (χ3v) is 6.16. The van der Waals surface area contributed by atoms with E-state index in [1.807, 2.05) is 38.1 Å². The van der Waals surface area contributed by atoms with Gasteiger partial charge in [-0.1, -0.05) is 6.92 Å². The molecular weight excluding hydrogens is 420 g/mol. The van der Waals surface area contributed by atoms with Crippen LogP contribution in [0.25, 0.3) is 16.6 Å². The van der Waals surface area contributed by atoms with Crippen LogP contribution in [0.1, 0.15) is 28.9 Å². The van der Waals surface area contributed by atoms with Crippen molar-refractivity contribution >= 4 is 38.2 Å². The number of sulfonamides is 1. The minimum atomic E-state index is -4.14. The lowest BCUT2D eigenvalue weighted by atomic mass is 10.2. The quantitative estimate of drug-likeness (QED) is 0.438. The summed E-state index contributed by atoms with van der Waals surface area (Å²) in [5.74, 6) is -0.741. The van der Waals surface area contributed by atoms with Crippen molar-refractivity contribution in [3.05, 3.63) is 53.5 Å². The molecule has 0 radical (unpaired) electrons. The number of carbonyl (C=O) groups excluding carboxylic acids is 1. The molecule has 0 aliphatic rings. The second kappa shape index (κ2) is 7.67. The fourth-order valence-corrected chi connectivity index (χ4v) is 4.31. The molecule has 0 aliphatic heterocycles. The van der Waals surface area contributed by atoms with E-state index < -0.39 is 15.9 Å². The largest absolute Gasteiger partial charge is 0.451 e. The van der Waals surface area contributed by atoms with Gasteiger partial charge >= 0.3 is 5.91 Å². The van der Waals surface area contributed by atoms with Gasteiger partial charge in [-0.2, -0.15) is 5.10 Å². The van der Waals surface area contributed by atoms with Gasteiger partial charge in [0, 0.05) is 31.2 Å². The van der Waals surface area contributed by atoms with Gasteiger partial charge in [0.25, 0.3) is 10.0 Å². The Kier molecular flexibility index (Phi) is 5.15. The van der Waals surface area contributed by atoms with Crippen molar-refractivity contribution in [1.82, 2.24) is 24.9 Å². The number of hydrogen-bond donors (Lipinski definition) is 2. The van der Waals surface area contributed by atoms with Gasteiger partial charge in [0.15, 0.2) is 16.4 Å². The van der Waals surface area contributed by atoms with Crippen LogP contribution in [0.3, 0.4) is 0 Å². The van der Waals surface area contributed by atoms with Gasteiger partial charge in [-0.15, -0.1) is 4.83 Å². The molecule has 3 heterocycles. The molecule has 0 aliphatic carbocycles. The minimum absolute atomic E-state index is 0.0186. The number of carbonyl (C=O) groups is 1. The number of nitrogens with zero attached hydrogens (tertiary/aromatic N) is 4. The molecule has 10 nitrogen and oxygen atoms in total. The summed E-state index contributed by atoms with van der Waals surface area (Å²) in [6, 6.07) is 10.6. The molecule has 0 spiro atoms. The molecule has 3 aromatic heterocycles. The van der Waals surface area contributed by atoms with E-state index in [9.17, 15) is 13.2 Å². The summed E-state index contributed by atoms with van der Waals surface area (Å²) in [6.45, 7) is 3.48. The maximum atomic E-state index is 12.9. The van der Waals surface area contributed by atoms with Crippen LogP contribution in [0.15, 0.2) is 45.8 Å². The zero-order chi connectivity index (χ0) is 22.3. The van der Waals surface area contributed by atoms with E-state index in [0.29, 0.717) is 23.3 Å². The molecule has 31 heavy (non-hydrogen) atoms. The van der Waals surface area contributed by atoms with Crippen LogP contribution in [0.2, 0.25) is 0 Å². The highest BCUT2D eigenvalue weighted by Gasteiger charge is 2.25. The Labute approximate surface area is 178 Å².